The lowest BCUT2D eigenvalue weighted by atomic mass is 10.1. The van der Waals surface area contributed by atoms with Crippen molar-refractivity contribution in [1.29, 1.82) is 0 Å². The summed E-state index contributed by atoms with van der Waals surface area (Å²) in [5.74, 6) is 1.62. The van der Waals surface area contributed by atoms with E-state index < -0.39 is 0 Å². The zero-order valence-corrected chi connectivity index (χ0v) is 17.9. The highest BCUT2D eigenvalue weighted by atomic mass is 127. The van der Waals surface area contributed by atoms with E-state index in [-0.39, 0.29) is 24.0 Å². The maximum Gasteiger partial charge on any atom is 0.191 e. The lowest BCUT2D eigenvalue weighted by Gasteiger charge is -2.13. The highest BCUT2D eigenvalue weighted by molar-refractivity contribution is 14.0. The zero-order valence-electron chi connectivity index (χ0n) is 15.6. The van der Waals surface area contributed by atoms with Crippen LogP contribution in [0.15, 0.2) is 53.5 Å². The van der Waals surface area contributed by atoms with Crippen molar-refractivity contribution in [2.75, 3.05) is 27.3 Å². The summed E-state index contributed by atoms with van der Waals surface area (Å²) in [6.07, 6.45) is 0. The van der Waals surface area contributed by atoms with Crippen molar-refractivity contribution in [1.82, 2.24) is 10.6 Å². The number of rotatable bonds is 8. The van der Waals surface area contributed by atoms with Crippen LogP contribution >= 0.6 is 24.0 Å². The van der Waals surface area contributed by atoms with E-state index >= 15 is 0 Å². The molecule has 0 saturated heterocycles. The minimum absolute atomic E-state index is 0. The molecule has 2 aromatic carbocycles. The minimum atomic E-state index is 0. The van der Waals surface area contributed by atoms with Crippen LogP contribution in [0.4, 0.5) is 0 Å². The predicted octanol–water partition coefficient (Wildman–Crippen LogP) is 3.50. The van der Waals surface area contributed by atoms with Gasteiger partial charge in [0, 0.05) is 25.7 Å². The zero-order chi connectivity index (χ0) is 17.9. The van der Waals surface area contributed by atoms with Gasteiger partial charge in [-0.3, -0.25) is 4.99 Å². The Bertz CT molecular complexity index is 675. The first-order valence-corrected chi connectivity index (χ1v) is 8.42. The number of benzene rings is 2. The second-order valence-corrected chi connectivity index (χ2v) is 5.70. The second-order valence-electron chi connectivity index (χ2n) is 5.70. The van der Waals surface area contributed by atoms with Crippen LogP contribution < -0.4 is 15.4 Å². The van der Waals surface area contributed by atoms with Gasteiger partial charge in [0.2, 0.25) is 0 Å². The number of methoxy groups -OCH3 is 1. The Hall–Kier alpha value is -1.80. The molecule has 0 saturated carbocycles. The average molecular weight is 469 g/mol. The summed E-state index contributed by atoms with van der Waals surface area (Å²) in [7, 11) is 3.43. The average Bonchev–Trinajstić information content (AvgIpc) is 2.65. The number of aryl methyl sites for hydroxylation is 1. The summed E-state index contributed by atoms with van der Waals surface area (Å²) >= 11 is 0. The first kappa shape index (κ1) is 22.2. The molecule has 2 N–H and O–H groups in total. The third kappa shape index (κ3) is 7.61. The van der Waals surface area contributed by atoms with E-state index in [1.807, 2.05) is 24.3 Å². The van der Waals surface area contributed by atoms with E-state index in [4.69, 9.17) is 9.47 Å². The normalized spacial score (nSPS) is 10.8. The number of hydrogen-bond acceptors (Lipinski definition) is 3. The summed E-state index contributed by atoms with van der Waals surface area (Å²) in [5, 5.41) is 6.54. The smallest absolute Gasteiger partial charge is 0.191 e. The molecule has 0 heterocycles. The van der Waals surface area contributed by atoms with E-state index in [1.165, 1.54) is 11.1 Å². The van der Waals surface area contributed by atoms with Crippen molar-refractivity contribution in [2.24, 2.45) is 4.99 Å². The summed E-state index contributed by atoms with van der Waals surface area (Å²) in [6.45, 7) is 4.62. The quantitative estimate of drug-likeness (QED) is 0.269. The van der Waals surface area contributed by atoms with Gasteiger partial charge < -0.3 is 20.1 Å². The van der Waals surface area contributed by atoms with Crippen molar-refractivity contribution in [3.05, 3.63) is 65.2 Å². The van der Waals surface area contributed by atoms with E-state index in [1.54, 1.807) is 14.2 Å². The molecule has 0 unspecified atom stereocenters. The number of halogens is 1. The van der Waals surface area contributed by atoms with Crippen LogP contribution in [0.3, 0.4) is 0 Å². The monoisotopic (exact) mass is 469 g/mol. The van der Waals surface area contributed by atoms with Crippen LogP contribution in [0.1, 0.15) is 16.7 Å². The molecule has 0 aliphatic carbocycles. The molecule has 0 spiro atoms. The largest absolute Gasteiger partial charge is 0.496 e. The summed E-state index contributed by atoms with van der Waals surface area (Å²) < 4.78 is 11.0. The number of aliphatic imine (C=N–C) groups is 1. The summed E-state index contributed by atoms with van der Waals surface area (Å²) in [4.78, 5) is 4.22. The fraction of sp³-hybridized carbons (Fsp3) is 0.350. The van der Waals surface area contributed by atoms with Gasteiger partial charge in [0.25, 0.3) is 0 Å². The molecule has 0 fully saturated rings. The summed E-state index contributed by atoms with van der Waals surface area (Å²) in [5.41, 5.74) is 3.53. The molecule has 0 aromatic heterocycles. The van der Waals surface area contributed by atoms with E-state index in [9.17, 15) is 0 Å². The maximum atomic E-state index is 5.71. The Labute approximate surface area is 173 Å². The number of guanidine groups is 1. The number of nitrogens with one attached hydrogen (secondary N) is 2. The van der Waals surface area contributed by atoms with Gasteiger partial charge in [-0.2, -0.15) is 0 Å². The van der Waals surface area contributed by atoms with Crippen molar-refractivity contribution in [3.63, 3.8) is 0 Å². The van der Waals surface area contributed by atoms with E-state index in [0.29, 0.717) is 19.8 Å². The molecule has 0 radical (unpaired) electrons. The number of ether oxygens (including phenoxy) is 2. The molecular weight excluding hydrogens is 441 g/mol. The molecule has 0 atom stereocenters. The Morgan fingerprint density at radius 1 is 1.04 bits per heavy atom. The van der Waals surface area contributed by atoms with Crippen molar-refractivity contribution >= 4 is 29.9 Å². The van der Waals surface area contributed by atoms with Crippen molar-refractivity contribution < 1.29 is 9.47 Å². The van der Waals surface area contributed by atoms with Crippen LogP contribution in [0, 0.1) is 6.92 Å². The van der Waals surface area contributed by atoms with Crippen LogP contribution in [-0.2, 0) is 17.9 Å². The van der Waals surface area contributed by atoms with Gasteiger partial charge in [-0.05, 0) is 18.6 Å². The van der Waals surface area contributed by atoms with E-state index in [0.717, 1.165) is 23.8 Å². The van der Waals surface area contributed by atoms with Gasteiger partial charge in [0.15, 0.2) is 5.96 Å². The molecule has 2 rings (SSSR count). The Kier molecular flexibility index (Phi) is 10.7. The SMILES string of the molecule is CN=C(NCCOCc1ccccc1OC)NCc1ccc(C)cc1.I. The van der Waals surface area contributed by atoms with Gasteiger partial charge in [-0.15, -0.1) is 24.0 Å². The maximum absolute atomic E-state index is 5.71. The first-order chi connectivity index (χ1) is 12.2. The summed E-state index contributed by atoms with van der Waals surface area (Å²) in [6, 6.07) is 16.3. The lowest BCUT2D eigenvalue weighted by Crippen LogP contribution is -2.38. The molecule has 142 valence electrons. The van der Waals surface area contributed by atoms with Gasteiger partial charge in [-0.25, -0.2) is 0 Å². The Morgan fingerprint density at radius 3 is 2.46 bits per heavy atom. The first-order valence-electron chi connectivity index (χ1n) is 8.42. The Balaban J connectivity index is 0.00000338. The molecule has 2 aromatic rings. The standard InChI is InChI=1S/C20H27N3O2.HI/c1-16-8-10-17(11-9-16)14-23-20(21-2)22-12-13-25-15-18-6-4-5-7-19(18)24-3;/h4-11H,12-15H2,1-3H3,(H2,21,22,23);1H. The Morgan fingerprint density at radius 2 is 1.77 bits per heavy atom. The van der Waals surface area contributed by atoms with E-state index in [2.05, 4.69) is 46.8 Å². The van der Waals surface area contributed by atoms with Gasteiger partial charge in [0.1, 0.15) is 5.75 Å². The molecule has 26 heavy (non-hydrogen) atoms. The molecule has 0 aliphatic heterocycles. The molecule has 0 amide bonds. The lowest BCUT2D eigenvalue weighted by molar-refractivity contribution is 0.123. The molecule has 0 aliphatic rings. The predicted molar refractivity (Wildman–Crippen MR) is 117 cm³/mol. The van der Waals surface area contributed by atoms with Crippen LogP contribution in [-0.4, -0.2) is 33.3 Å². The van der Waals surface area contributed by atoms with Gasteiger partial charge in [0.05, 0.1) is 20.3 Å². The van der Waals surface area contributed by atoms with Crippen LogP contribution in [0.25, 0.3) is 0 Å². The van der Waals surface area contributed by atoms with Crippen molar-refractivity contribution in [2.45, 2.75) is 20.1 Å². The highest BCUT2D eigenvalue weighted by Gasteiger charge is 2.02. The second kappa shape index (κ2) is 12.5. The fourth-order valence-electron chi connectivity index (χ4n) is 2.36. The van der Waals surface area contributed by atoms with Crippen molar-refractivity contribution in [3.8, 4) is 5.75 Å². The third-order valence-corrected chi connectivity index (χ3v) is 3.79. The highest BCUT2D eigenvalue weighted by Crippen LogP contribution is 2.17. The number of nitrogens with zero attached hydrogens (tertiary/aromatic N) is 1. The van der Waals surface area contributed by atoms with Crippen LogP contribution in [0.5, 0.6) is 5.75 Å². The molecule has 5 nitrogen and oxygen atoms in total. The number of para-hydroxylation sites is 1. The third-order valence-electron chi connectivity index (χ3n) is 3.79. The molecule has 0 bridgehead atoms. The number of hydrogen-bond donors (Lipinski definition) is 2. The molecule has 6 heteroatoms. The minimum Gasteiger partial charge on any atom is -0.496 e. The van der Waals surface area contributed by atoms with Crippen LogP contribution in [0.2, 0.25) is 0 Å². The van der Waals surface area contributed by atoms with Gasteiger partial charge in [-0.1, -0.05) is 48.0 Å². The fourth-order valence-corrected chi connectivity index (χ4v) is 2.36. The molecular formula is C20H28IN3O2. The topological polar surface area (TPSA) is 54.9 Å². The van der Waals surface area contributed by atoms with Gasteiger partial charge >= 0.3 is 0 Å².